The number of anilines is 1. The van der Waals surface area contributed by atoms with Gasteiger partial charge in [-0.25, -0.2) is 9.97 Å². The summed E-state index contributed by atoms with van der Waals surface area (Å²) in [6.45, 7) is 5.98. The zero-order chi connectivity index (χ0) is 13.7. The lowest BCUT2D eigenvalue weighted by molar-refractivity contribution is 0.401. The van der Waals surface area contributed by atoms with E-state index in [-0.39, 0.29) is 0 Å². The minimum atomic E-state index is 0.478. The van der Waals surface area contributed by atoms with Crippen LogP contribution in [0.5, 0.6) is 0 Å². The summed E-state index contributed by atoms with van der Waals surface area (Å²) in [4.78, 5) is 11.4. The van der Waals surface area contributed by atoms with Gasteiger partial charge in [0.1, 0.15) is 11.6 Å². The summed E-state index contributed by atoms with van der Waals surface area (Å²) in [5, 5.41) is 1.03. The van der Waals surface area contributed by atoms with Crippen molar-refractivity contribution >= 4 is 27.7 Å². The Hall–Kier alpha value is -1.95. The molecule has 0 spiro atoms. The number of aryl methyl sites for hydroxylation is 2. The monoisotopic (exact) mass is 285 g/mol. The van der Waals surface area contributed by atoms with Crippen molar-refractivity contribution in [2.45, 2.75) is 19.9 Å². The van der Waals surface area contributed by atoms with E-state index in [1.165, 1.54) is 17.0 Å². The number of fused-ring (bicyclic) bond motifs is 1. The Bertz CT molecular complexity index is 769. The van der Waals surface area contributed by atoms with Crippen LogP contribution in [0.1, 0.15) is 17.7 Å². The van der Waals surface area contributed by atoms with Crippen molar-refractivity contribution < 1.29 is 0 Å². The van der Waals surface area contributed by atoms with Crippen molar-refractivity contribution in [1.82, 2.24) is 18.9 Å². The molecule has 2 aromatic heterocycles. The van der Waals surface area contributed by atoms with Crippen molar-refractivity contribution in [1.29, 1.82) is 0 Å². The largest absolute Gasteiger partial charge is 0.343 e. The predicted molar refractivity (Wildman–Crippen MR) is 80.4 cm³/mol. The van der Waals surface area contributed by atoms with Crippen LogP contribution in [0.3, 0.4) is 0 Å². The Morgan fingerprint density at radius 2 is 1.95 bits per heavy atom. The fourth-order valence-corrected chi connectivity index (χ4v) is 3.51. The summed E-state index contributed by atoms with van der Waals surface area (Å²) in [5.74, 6) is 1.95. The van der Waals surface area contributed by atoms with Gasteiger partial charge in [-0.2, -0.15) is 4.37 Å². The van der Waals surface area contributed by atoms with E-state index in [4.69, 9.17) is 0 Å². The average Bonchev–Trinajstić information content (AvgIpc) is 2.93. The molecule has 0 radical (unpaired) electrons. The maximum atomic E-state index is 4.64. The second kappa shape index (κ2) is 4.28. The van der Waals surface area contributed by atoms with E-state index in [0.29, 0.717) is 6.04 Å². The van der Waals surface area contributed by atoms with Crippen LogP contribution in [0.25, 0.3) is 11.0 Å². The van der Waals surface area contributed by atoms with Gasteiger partial charge in [-0.3, -0.25) is 0 Å². The lowest BCUT2D eigenvalue weighted by Crippen LogP contribution is -2.48. The van der Waals surface area contributed by atoms with Gasteiger partial charge in [0.05, 0.1) is 17.1 Å². The van der Waals surface area contributed by atoms with Gasteiger partial charge in [0.15, 0.2) is 0 Å². The first-order valence-corrected chi connectivity index (χ1v) is 7.48. The highest BCUT2D eigenvalue weighted by molar-refractivity contribution is 7.09. The van der Waals surface area contributed by atoms with Crippen LogP contribution in [-0.4, -0.2) is 32.0 Å². The maximum absolute atomic E-state index is 4.64. The fraction of sp³-hybridized carbons (Fsp3) is 0.357. The van der Waals surface area contributed by atoms with E-state index < -0.39 is 0 Å². The van der Waals surface area contributed by atoms with Gasteiger partial charge >= 0.3 is 0 Å². The molecule has 1 aliphatic heterocycles. The number of para-hydroxylation sites is 2. The Balaban J connectivity index is 1.62. The topological polar surface area (TPSA) is 46.8 Å². The fourth-order valence-electron chi connectivity index (χ4n) is 2.82. The minimum Gasteiger partial charge on any atom is -0.343 e. The van der Waals surface area contributed by atoms with Crippen molar-refractivity contribution in [3.05, 3.63) is 35.9 Å². The van der Waals surface area contributed by atoms with E-state index in [1.54, 1.807) is 0 Å². The van der Waals surface area contributed by atoms with Crippen LogP contribution >= 0.6 is 11.5 Å². The van der Waals surface area contributed by atoms with Gasteiger partial charge in [-0.05, 0) is 26.0 Å². The minimum absolute atomic E-state index is 0.478. The summed E-state index contributed by atoms with van der Waals surface area (Å²) < 4.78 is 6.59. The van der Waals surface area contributed by atoms with Crippen LogP contribution in [0.15, 0.2) is 24.3 Å². The molecule has 0 saturated carbocycles. The van der Waals surface area contributed by atoms with Gasteiger partial charge in [-0.1, -0.05) is 12.1 Å². The average molecular weight is 285 g/mol. The van der Waals surface area contributed by atoms with E-state index in [2.05, 4.69) is 48.9 Å². The van der Waals surface area contributed by atoms with Crippen molar-refractivity contribution in [3.8, 4) is 0 Å². The van der Waals surface area contributed by atoms with Gasteiger partial charge in [0.25, 0.3) is 0 Å². The molecular weight excluding hydrogens is 270 g/mol. The lowest BCUT2D eigenvalue weighted by atomic mass is 10.1. The van der Waals surface area contributed by atoms with Gasteiger partial charge in [-0.15, -0.1) is 0 Å². The van der Waals surface area contributed by atoms with Crippen LogP contribution in [0.2, 0.25) is 0 Å². The van der Waals surface area contributed by atoms with Crippen molar-refractivity contribution in [2.24, 2.45) is 0 Å². The van der Waals surface area contributed by atoms with Crippen LogP contribution in [0.4, 0.5) is 5.13 Å². The van der Waals surface area contributed by atoms with Crippen LogP contribution in [-0.2, 0) is 0 Å². The molecule has 1 aromatic carbocycles. The molecule has 0 N–H and O–H groups in total. The van der Waals surface area contributed by atoms with Gasteiger partial charge < -0.3 is 9.47 Å². The molecule has 1 saturated heterocycles. The summed E-state index contributed by atoms with van der Waals surface area (Å²) in [7, 11) is 0. The number of hydrogen-bond acceptors (Lipinski definition) is 5. The second-order valence-electron chi connectivity index (χ2n) is 5.20. The number of nitrogens with zero attached hydrogens (tertiary/aromatic N) is 5. The molecule has 0 amide bonds. The molecule has 20 heavy (non-hydrogen) atoms. The van der Waals surface area contributed by atoms with Gasteiger partial charge in [0.2, 0.25) is 5.13 Å². The first-order valence-electron chi connectivity index (χ1n) is 6.71. The highest BCUT2D eigenvalue weighted by Gasteiger charge is 2.32. The zero-order valence-corrected chi connectivity index (χ0v) is 12.3. The number of imidazole rings is 1. The Kier molecular flexibility index (Phi) is 2.53. The van der Waals surface area contributed by atoms with Crippen LogP contribution < -0.4 is 4.90 Å². The van der Waals surface area contributed by atoms with Crippen molar-refractivity contribution in [3.63, 3.8) is 0 Å². The van der Waals surface area contributed by atoms with E-state index in [1.807, 2.05) is 13.0 Å². The highest BCUT2D eigenvalue weighted by Crippen LogP contribution is 2.32. The van der Waals surface area contributed by atoms with Crippen molar-refractivity contribution in [2.75, 3.05) is 18.0 Å². The lowest BCUT2D eigenvalue weighted by Gasteiger charge is -2.40. The van der Waals surface area contributed by atoms with Crippen LogP contribution in [0, 0.1) is 13.8 Å². The van der Waals surface area contributed by atoms with E-state index in [9.17, 15) is 0 Å². The molecule has 0 aliphatic carbocycles. The SMILES string of the molecule is Cc1nsc(N2CC(n3c(C)nc4ccccc43)C2)n1. The molecule has 0 bridgehead atoms. The number of rotatable bonds is 2. The summed E-state index contributed by atoms with van der Waals surface area (Å²) >= 11 is 1.48. The molecular formula is C14H15N5S. The zero-order valence-electron chi connectivity index (χ0n) is 11.4. The quantitative estimate of drug-likeness (QED) is 0.726. The molecule has 1 aliphatic rings. The molecule has 0 unspecified atom stereocenters. The third kappa shape index (κ3) is 1.71. The molecule has 3 heterocycles. The number of benzene rings is 1. The Morgan fingerprint density at radius 3 is 2.70 bits per heavy atom. The maximum Gasteiger partial charge on any atom is 0.205 e. The standard InChI is InChI=1S/C14H15N5S/c1-9-15-14(20-17-9)18-7-11(8-18)19-10(2)16-12-5-3-4-6-13(12)19/h3-6,11H,7-8H2,1-2H3. The third-order valence-electron chi connectivity index (χ3n) is 3.79. The summed E-state index contributed by atoms with van der Waals surface area (Å²) in [6, 6.07) is 8.81. The normalized spacial score (nSPS) is 15.8. The highest BCUT2D eigenvalue weighted by atomic mass is 32.1. The number of hydrogen-bond donors (Lipinski definition) is 0. The van der Waals surface area contributed by atoms with E-state index in [0.717, 1.165) is 35.4 Å². The first kappa shape index (κ1) is 11.8. The van der Waals surface area contributed by atoms with Gasteiger partial charge in [0, 0.05) is 24.6 Å². The Morgan fingerprint density at radius 1 is 1.15 bits per heavy atom. The molecule has 1 fully saturated rings. The molecule has 0 atom stereocenters. The second-order valence-corrected chi connectivity index (χ2v) is 5.93. The summed E-state index contributed by atoms with van der Waals surface area (Å²) in [6.07, 6.45) is 0. The summed E-state index contributed by atoms with van der Waals surface area (Å²) in [5.41, 5.74) is 2.30. The van der Waals surface area contributed by atoms with E-state index >= 15 is 0 Å². The molecule has 6 heteroatoms. The molecule has 102 valence electrons. The molecule has 5 nitrogen and oxygen atoms in total. The smallest absolute Gasteiger partial charge is 0.205 e. The first-order chi connectivity index (χ1) is 9.72. The third-order valence-corrected chi connectivity index (χ3v) is 4.66. The predicted octanol–water partition coefficient (Wildman–Crippen LogP) is 2.57. The molecule has 4 rings (SSSR count). The molecule has 3 aromatic rings. The number of aromatic nitrogens is 4. The Labute approximate surface area is 121 Å².